The Morgan fingerprint density at radius 3 is 2.77 bits per heavy atom. The Bertz CT molecular complexity index is 325. The quantitative estimate of drug-likeness (QED) is 0.805. The van der Waals surface area contributed by atoms with Gasteiger partial charge in [-0.3, -0.25) is 0 Å². The molecule has 0 saturated heterocycles. The Kier molecular flexibility index (Phi) is 4.10. The lowest BCUT2D eigenvalue weighted by molar-refractivity contribution is 0.357. The minimum absolute atomic E-state index is 0.293. The van der Waals surface area contributed by atoms with E-state index in [0.29, 0.717) is 22.4 Å². The minimum Gasteiger partial charge on any atom is -0.487 e. The second-order valence-corrected chi connectivity index (χ2v) is 4.21. The monoisotopic (exact) mass is 280 g/mol. The molecule has 0 bridgehead atoms. The fourth-order valence-corrected chi connectivity index (χ4v) is 1.60. The first-order valence-corrected chi connectivity index (χ1v) is 5.05. The van der Waals surface area contributed by atoms with Crippen molar-refractivity contribution in [3.8, 4) is 5.75 Å². The third kappa shape index (κ3) is 3.59. The summed E-state index contributed by atoms with van der Waals surface area (Å²) in [6, 6.07) is 5.28. The molecule has 0 radical (unpaired) electrons. The van der Waals surface area contributed by atoms with Crippen LogP contribution in [0.4, 0.5) is 0 Å². The summed E-state index contributed by atoms with van der Waals surface area (Å²) in [4.78, 5) is 0. The van der Waals surface area contributed by atoms with E-state index >= 15 is 0 Å². The maximum absolute atomic E-state index is 5.75. The summed E-state index contributed by atoms with van der Waals surface area (Å²) >= 11 is 14.6. The van der Waals surface area contributed by atoms with Crippen molar-refractivity contribution in [1.82, 2.24) is 0 Å². The van der Waals surface area contributed by atoms with Gasteiger partial charge in [0, 0.05) is 10.1 Å². The molecule has 0 atom stereocenters. The topological polar surface area (TPSA) is 9.23 Å². The molecule has 0 spiro atoms. The first-order valence-electron chi connectivity index (χ1n) is 3.50. The van der Waals surface area contributed by atoms with Crippen LogP contribution < -0.4 is 4.74 Å². The van der Waals surface area contributed by atoms with Gasteiger partial charge in [0.2, 0.25) is 0 Å². The summed E-state index contributed by atoms with van der Waals surface area (Å²) < 4.78 is 6.12. The van der Waals surface area contributed by atoms with Crippen molar-refractivity contribution in [3.05, 3.63) is 39.3 Å². The predicted octanol–water partition coefficient (Wildman–Crippen LogP) is 4.23. The fourth-order valence-electron chi connectivity index (χ4n) is 0.748. The van der Waals surface area contributed by atoms with Crippen LogP contribution in [0, 0.1) is 0 Å². The van der Waals surface area contributed by atoms with E-state index in [4.69, 9.17) is 27.9 Å². The zero-order chi connectivity index (χ0) is 9.84. The lowest BCUT2D eigenvalue weighted by atomic mass is 10.3. The van der Waals surface area contributed by atoms with Crippen molar-refractivity contribution in [2.45, 2.75) is 0 Å². The highest BCUT2D eigenvalue weighted by atomic mass is 79.9. The summed E-state index contributed by atoms with van der Waals surface area (Å²) in [5, 5.41) is 1.12. The predicted molar refractivity (Wildman–Crippen MR) is 59.6 cm³/mol. The number of halogens is 3. The zero-order valence-corrected chi connectivity index (χ0v) is 9.79. The number of benzene rings is 1. The SMILES string of the molecule is C=C(Cl)COc1ccc(Cl)cc1Br. The molecule has 1 rings (SSSR count). The lowest BCUT2D eigenvalue weighted by Gasteiger charge is -2.06. The molecule has 1 aromatic rings. The molecule has 0 unspecified atom stereocenters. The standard InChI is InChI=1S/C9H7BrCl2O/c1-6(11)5-13-9-3-2-7(12)4-8(9)10/h2-4H,1,5H2. The van der Waals surface area contributed by atoms with Gasteiger partial charge in [-0.05, 0) is 34.1 Å². The molecular formula is C9H7BrCl2O. The van der Waals surface area contributed by atoms with Crippen LogP contribution in [0.2, 0.25) is 5.02 Å². The van der Waals surface area contributed by atoms with Gasteiger partial charge in [0.1, 0.15) is 12.4 Å². The number of ether oxygens (including phenoxy) is 1. The van der Waals surface area contributed by atoms with Crippen LogP contribution in [0.1, 0.15) is 0 Å². The van der Waals surface area contributed by atoms with E-state index in [1.807, 2.05) is 0 Å². The van der Waals surface area contributed by atoms with E-state index in [0.717, 1.165) is 4.47 Å². The van der Waals surface area contributed by atoms with Crippen LogP contribution in [0.5, 0.6) is 5.75 Å². The molecule has 0 heterocycles. The molecule has 0 aliphatic carbocycles. The second kappa shape index (κ2) is 4.89. The van der Waals surface area contributed by atoms with Gasteiger partial charge in [0.25, 0.3) is 0 Å². The molecule has 0 aliphatic heterocycles. The molecule has 70 valence electrons. The highest BCUT2D eigenvalue weighted by molar-refractivity contribution is 9.10. The summed E-state index contributed by atoms with van der Waals surface area (Å²) in [7, 11) is 0. The maximum Gasteiger partial charge on any atom is 0.134 e. The van der Waals surface area contributed by atoms with Gasteiger partial charge in [-0.25, -0.2) is 0 Å². The van der Waals surface area contributed by atoms with Gasteiger partial charge in [-0.2, -0.15) is 0 Å². The second-order valence-electron chi connectivity index (χ2n) is 2.38. The van der Waals surface area contributed by atoms with Crippen LogP contribution in [-0.4, -0.2) is 6.61 Å². The highest BCUT2D eigenvalue weighted by Gasteiger charge is 2.01. The van der Waals surface area contributed by atoms with Crippen LogP contribution in [0.15, 0.2) is 34.3 Å². The molecule has 1 aromatic carbocycles. The number of rotatable bonds is 3. The third-order valence-corrected chi connectivity index (χ3v) is 2.24. The molecule has 4 heteroatoms. The van der Waals surface area contributed by atoms with Crippen LogP contribution >= 0.6 is 39.1 Å². The van der Waals surface area contributed by atoms with E-state index in [9.17, 15) is 0 Å². The summed E-state index contributed by atoms with van der Waals surface area (Å²) in [6.45, 7) is 3.81. The van der Waals surface area contributed by atoms with Crippen molar-refractivity contribution in [2.24, 2.45) is 0 Å². The van der Waals surface area contributed by atoms with E-state index in [-0.39, 0.29) is 0 Å². The summed E-state index contributed by atoms with van der Waals surface area (Å²) in [5.74, 6) is 0.700. The Hall–Kier alpha value is -0.180. The van der Waals surface area contributed by atoms with E-state index < -0.39 is 0 Å². The van der Waals surface area contributed by atoms with Crippen molar-refractivity contribution >= 4 is 39.1 Å². The van der Waals surface area contributed by atoms with E-state index in [1.165, 1.54) is 0 Å². The smallest absolute Gasteiger partial charge is 0.134 e. The van der Waals surface area contributed by atoms with Crippen molar-refractivity contribution < 1.29 is 4.74 Å². The molecule has 0 N–H and O–H groups in total. The average Bonchev–Trinajstić information content (AvgIpc) is 2.02. The van der Waals surface area contributed by atoms with Crippen molar-refractivity contribution in [1.29, 1.82) is 0 Å². The average molecular weight is 282 g/mol. The van der Waals surface area contributed by atoms with Gasteiger partial charge in [-0.1, -0.05) is 29.8 Å². The normalized spacial score (nSPS) is 9.77. The third-order valence-electron chi connectivity index (χ3n) is 1.28. The fraction of sp³-hybridized carbons (Fsp3) is 0.111. The lowest BCUT2D eigenvalue weighted by Crippen LogP contribution is -1.96. The Morgan fingerprint density at radius 1 is 1.54 bits per heavy atom. The van der Waals surface area contributed by atoms with Crippen LogP contribution in [0.25, 0.3) is 0 Å². The molecule has 13 heavy (non-hydrogen) atoms. The largest absolute Gasteiger partial charge is 0.487 e. The van der Waals surface area contributed by atoms with Crippen LogP contribution in [-0.2, 0) is 0 Å². The first kappa shape index (κ1) is 10.9. The minimum atomic E-state index is 0.293. The van der Waals surface area contributed by atoms with Gasteiger partial charge in [0.15, 0.2) is 0 Å². The van der Waals surface area contributed by atoms with Crippen LogP contribution in [0.3, 0.4) is 0 Å². The van der Waals surface area contributed by atoms with Gasteiger partial charge in [0.05, 0.1) is 4.47 Å². The summed E-state index contributed by atoms with van der Waals surface area (Å²) in [6.07, 6.45) is 0. The molecule has 1 nitrogen and oxygen atoms in total. The van der Waals surface area contributed by atoms with Gasteiger partial charge >= 0.3 is 0 Å². The molecule has 0 saturated carbocycles. The molecular weight excluding hydrogens is 275 g/mol. The maximum atomic E-state index is 5.75. The molecule has 0 aliphatic rings. The van der Waals surface area contributed by atoms with E-state index in [2.05, 4.69) is 22.5 Å². The number of hydrogen-bond acceptors (Lipinski definition) is 1. The number of hydrogen-bond donors (Lipinski definition) is 0. The first-order chi connectivity index (χ1) is 6.09. The Balaban J connectivity index is 2.72. The molecule has 0 fully saturated rings. The summed E-state index contributed by atoms with van der Waals surface area (Å²) in [5.41, 5.74) is 0. The van der Waals surface area contributed by atoms with Gasteiger partial charge < -0.3 is 4.74 Å². The Labute approximate surface area is 95.4 Å². The molecule has 0 aromatic heterocycles. The van der Waals surface area contributed by atoms with Crippen molar-refractivity contribution in [2.75, 3.05) is 6.61 Å². The van der Waals surface area contributed by atoms with Crippen molar-refractivity contribution in [3.63, 3.8) is 0 Å². The molecule has 0 amide bonds. The van der Waals surface area contributed by atoms with Gasteiger partial charge in [-0.15, -0.1) is 0 Å². The van der Waals surface area contributed by atoms with E-state index in [1.54, 1.807) is 18.2 Å². The Morgan fingerprint density at radius 2 is 2.23 bits per heavy atom. The zero-order valence-electron chi connectivity index (χ0n) is 6.69. The highest BCUT2D eigenvalue weighted by Crippen LogP contribution is 2.28.